The highest BCUT2D eigenvalue weighted by Gasteiger charge is 2.32. The van der Waals surface area contributed by atoms with E-state index in [1.54, 1.807) is 4.90 Å². The Morgan fingerprint density at radius 3 is 2.84 bits per heavy atom. The van der Waals surface area contributed by atoms with Crippen molar-refractivity contribution >= 4 is 22.0 Å². The predicted molar refractivity (Wildman–Crippen MR) is 141 cm³/mol. The van der Waals surface area contributed by atoms with Crippen molar-refractivity contribution in [2.24, 2.45) is 0 Å². The van der Waals surface area contributed by atoms with Crippen LogP contribution in [0.25, 0.3) is 11.4 Å². The van der Waals surface area contributed by atoms with Crippen molar-refractivity contribution in [1.82, 2.24) is 14.9 Å². The number of nitriles is 1. The van der Waals surface area contributed by atoms with Crippen molar-refractivity contribution in [3.8, 4) is 29.0 Å². The van der Waals surface area contributed by atoms with Crippen LogP contribution in [0.1, 0.15) is 46.8 Å². The van der Waals surface area contributed by atoms with Gasteiger partial charge in [-0.1, -0.05) is 30.3 Å². The first-order valence-electron chi connectivity index (χ1n) is 12.1. The molecule has 0 saturated carbocycles. The second-order valence-corrected chi connectivity index (χ2v) is 10.1. The van der Waals surface area contributed by atoms with E-state index < -0.39 is 0 Å². The van der Waals surface area contributed by atoms with E-state index in [2.05, 4.69) is 38.0 Å². The molecular formula is C29H23BrN4O3. The molecule has 3 aromatic carbocycles. The maximum absolute atomic E-state index is 12.8. The van der Waals surface area contributed by atoms with E-state index in [0.29, 0.717) is 18.5 Å². The number of carbonyl (C=O) groups excluding carboxylic acids is 1. The molecule has 7 nitrogen and oxygen atoms in total. The molecule has 3 heterocycles. The molecule has 2 aliphatic rings. The number of amides is 1. The summed E-state index contributed by atoms with van der Waals surface area (Å²) in [6, 6.07) is 21.5. The summed E-state index contributed by atoms with van der Waals surface area (Å²) in [4.78, 5) is 22.7. The highest BCUT2D eigenvalue weighted by molar-refractivity contribution is 9.10. The van der Waals surface area contributed by atoms with Crippen LogP contribution < -0.4 is 4.74 Å². The molecule has 0 spiro atoms. The Bertz CT molecular complexity index is 1530. The summed E-state index contributed by atoms with van der Waals surface area (Å²) in [5.41, 5.74) is 5.38. The largest absolute Gasteiger partial charge is 0.457 e. The normalized spacial score (nSPS) is 15.9. The number of halogens is 1. The standard InChI is InChI=1S/C29H23BrN4O3/c30-23-14-27-21(13-22(23)15-31)12-20-11-19(8-9-26(20)37-27)28-32-16-24(33-28)25-7-4-10-34(25)29(35)36-17-18-5-2-1-3-6-18/h1-3,5-6,8-9,11,13-14,16,25H,4,7,10,12,17H2,(H,32,33)/t25-/m0/s1. The summed E-state index contributed by atoms with van der Waals surface area (Å²) in [7, 11) is 0. The van der Waals surface area contributed by atoms with Crippen LogP contribution in [-0.2, 0) is 17.8 Å². The van der Waals surface area contributed by atoms with Gasteiger partial charge in [-0.15, -0.1) is 0 Å². The highest BCUT2D eigenvalue weighted by atomic mass is 79.9. The number of H-pyrrole nitrogens is 1. The van der Waals surface area contributed by atoms with Crippen molar-refractivity contribution in [3.63, 3.8) is 0 Å². The van der Waals surface area contributed by atoms with Crippen LogP contribution >= 0.6 is 15.9 Å². The Labute approximate surface area is 222 Å². The van der Waals surface area contributed by atoms with Gasteiger partial charge in [0.15, 0.2) is 0 Å². The Morgan fingerprint density at radius 1 is 1.16 bits per heavy atom. The third-order valence-corrected chi connectivity index (χ3v) is 7.51. The Balaban J connectivity index is 1.19. The van der Waals surface area contributed by atoms with E-state index in [9.17, 15) is 10.1 Å². The van der Waals surface area contributed by atoms with Crippen LogP contribution in [0.5, 0.6) is 11.5 Å². The SMILES string of the molecule is N#Cc1cc2c(cc1Br)Oc1ccc(-c3ncc([C@@H]4CCCN4C(=O)OCc4ccccc4)[nH]3)cc1C2. The molecule has 1 aromatic heterocycles. The molecule has 184 valence electrons. The van der Waals surface area contributed by atoms with Gasteiger partial charge in [0.2, 0.25) is 0 Å². The molecule has 1 N–H and O–H groups in total. The number of imidazole rings is 1. The number of nitrogens with one attached hydrogen (secondary N) is 1. The molecule has 0 aliphatic carbocycles. The van der Waals surface area contributed by atoms with Crippen molar-refractivity contribution < 1.29 is 14.3 Å². The van der Waals surface area contributed by atoms with Crippen LogP contribution in [-0.4, -0.2) is 27.5 Å². The van der Waals surface area contributed by atoms with Crippen molar-refractivity contribution in [1.29, 1.82) is 5.26 Å². The second kappa shape index (κ2) is 9.75. The molecule has 0 bridgehead atoms. The average Bonchev–Trinajstić information content (AvgIpc) is 3.61. The van der Waals surface area contributed by atoms with Gasteiger partial charge in [-0.3, -0.25) is 4.90 Å². The maximum Gasteiger partial charge on any atom is 0.410 e. The first-order valence-corrected chi connectivity index (χ1v) is 12.9. The van der Waals surface area contributed by atoms with E-state index in [4.69, 9.17) is 9.47 Å². The van der Waals surface area contributed by atoms with Gasteiger partial charge < -0.3 is 14.5 Å². The van der Waals surface area contributed by atoms with Crippen molar-refractivity contribution in [3.05, 3.63) is 99.3 Å². The van der Waals surface area contributed by atoms with Gasteiger partial charge in [-0.25, -0.2) is 9.78 Å². The number of carbonyl (C=O) groups is 1. The van der Waals surface area contributed by atoms with E-state index in [1.165, 1.54) is 0 Å². The fourth-order valence-corrected chi connectivity index (χ4v) is 5.38. The van der Waals surface area contributed by atoms with Gasteiger partial charge in [-0.05, 0) is 64.7 Å². The smallest absolute Gasteiger partial charge is 0.410 e. The lowest BCUT2D eigenvalue weighted by Gasteiger charge is -2.23. The van der Waals surface area contributed by atoms with Gasteiger partial charge in [0.05, 0.1) is 23.5 Å². The minimum Gasteiger partial charge on any atom is -0.457 e. The van der Waals surface area contributed by atoms with E-state index in [1.807, 2.05) is 60.8 Å². The number of hydrogen-bond acceptors (Lipinski definition) is 5. The Morgan fingerprint density at radius 2 is 2.00 bits per heavy atom. The molecule has 1 atom stereocenters. The number of nitrogens with zero attached hydrogens (tertiary/aromatic N) is 3. The molecule has 1 amide bonds. The summed E-state index contributed by atoms with van der Waals surface area (Å²) in [6.45, 7) is 0.910. The molecule has 37 heavy (non-hydrogen) atoms. The van der Waals surface area contributed by atoms with Gasteiger partial charge in [0.25, 0.3) is 0 Å². The molecule has 2 aliphatic heterocycles. The van der Waals surface area contributed by atoms with Crippen molar-refractivity contribution in [2.75, 3.05) is 6.54 Å². The lowest BCUT2D eigenvalue weighted by molar-refractivity contribution is 0.0915. The number of hydrogen-bond donors (Lipinski definition) is 1. The number of likely N-dealkylation sites (tertiary alicyclic amines) is 1. The van der Waals surface area contributed by atoms with E-state index in [0.717, 1.165) is 62.6 Å². The Hall–Kier alpha value is -4.09. The van der Waals surface area contributed by atoms with Gasteiger partial charge in [-0.2, -0.15) is 5.26 Å². The quantitative estimate of drug-likeness (QED) is 0.261. The maximum atomic E-state index is 12.8. The van der Waals surface area contributed by atoms with E-state index in [-0.39, 0.29) is 18.7 Å². The third kappa shape index (κ3) is 4.58. The molecular weight excluding hydrogens is 532 g/mol. The first kappa shape index (κ1) is 23.3. The fraction of sp³-hybridized carbons (Fsp3) is 0.207. The fourth-order valence-electron chi connectivity index (χ4n) is 4.97. The van der Waals surface area contributed by atoms with Crippen LogP contribution in [0.3, 0.4) is 0 Å². The van der Waals surface area contributed by atoms with Crippen LogP contribution in [0.2, 0.25) is 0 Å². The number of aromatic amines is 1. The third-order valence-electron chi connectivity index (χ3n) is 6.85. The van der Waals surface area contributed by atoms with Gasteiger partial charge in [0.1, 0.15) is 30.0 Å². The lowest BCUT2D eigenvalue weighted by atomic mass is 9.97. The molecule has 1 fully saturated rings. The molecule has 4 aromatic rings. The van der Waals surface area contributed by atoms with Gasteiger partial charge >= 0.3 is 6.09 Å². The zero-order valence-electron chi connectivity index (χ0n) is 19.9. The summed E-state index contributed by atoms with van der Waals surface area (Å²) in [6.07, 6.45) is 3.93. The summed E-state index contributed by atoms with van der Waals surface area (Å²) in [5, 5.41) is 9.37. The van der Waals surface area contributed by atoms with Crippen LogP contribution in [0.15, 0.2) is 71.3 Å². The van der Waals surface area contributed by atoms with Crippen LogP contribution in [0.4, 0.5) is 4.79 Å². The van der Waals surface area contributed by atoms with Crippen molar-refractivity contribution in [2.45, 2.75) is 31.9 Å². The molecule has 6 rings (SSSR count). The minimum absolute atomic E-state index is 0.0970. The number of ether oxygens (including phenoxy) is 2. The predicted octanol–water partition coefficient (Wildman–Crippen LogP) is 6.88. The van der Waals surface area contributed by atoms with Crippen LogP contribution in [0, 0.1) is 11.3 Å². The lowest BCUT2D eigenvalue weighted by Crippen LogP contribution is -2.31. The molecule has 1 saturated heterocycles. The second-order valence-electron chi connectivity index (χ2n) is 9.23. The number of fused-ring (bicyclic) bond motifs is 2. The highest BCUT2D eigenvalue weighted by Crippen LogP contribution is 2.40. The summed E-state index contributed by atoms with van der Waals surface area (Å²) >= 11 is 3.43. The molecule has 0 radical (unpaired) electrons. The topological polar surface area (TPSA) is 91.2 Å². The molecule has 8 heteroatoms. The zero-order valence-corrected chi connectivity index (χ0v) is 21.5. The summed E-state index contributed by atoms with van der Waals surface area (Å²) in [5.74, 6) is 2.29. The minimum atomic E-state index is -0.310. The van der Waals surface area contributed by atoms with Gasteiger partial charge in [0, 0.05) is 34.1 Å². The van der Waals surface area contributed by atoms with E-state index >= 15 is 0 Å². The number of benzene rings is 3. The monoisotopic (exact) mass is 554 g/mol. The molecule has 0 unspecified atom stereocenters. The summed E-state index contributed by atoms with van der Waals surface area (Å²) < 4.78 is 12.4. The average molecular weight is 555 g/mol. The number of aromatic nitrogens is 2. The number of rotatable bonds is 4. The zero-order chi connectivity index (χ0) is 25.4. The first-order chi connectivity index (χ1) is 18.1. The Kier molecular flexibility index (Phi) is 6.15.